The van der Waals surface area contributed by atoms with Gasteiger partial charge in [-0.25, -0.2) is 0 Å². The Morgan fingerprint density at radius 3 is 1.21 bits per heavy atom. The van der Waals surface area contributed by atoms with E-state index in [1.165, 1.54) is 57.4 Å². The normalized spacial score (nSPS) is 13.1. The molecule has 4 nitrogen and oxygen atoms in total. The topological polar surface area (TPSA) is 27.7 Å². The molecule has 0 heterocycles. The van der Waals surface area contributed by atoms with Gasteiger partial charge in [0.1, 0.15) is 23.3 Å². The summed E-state index contributed by atoms with van der Waals surface area (Å²) >= 11 is 0. The largest absolute Gasteiger partial charge is 0.864 e. The smallest absolute Gasteiger partial charge is 0.490 e. The highest BCUT2D eigenvalue weighted by atomic mass is 19.4. The molecule has 0 aliphatic heterocycles. The molecule has 0 saturated carbocycles. The van der Waals surface area contributed by atoms with Gasteiger partial charge in [-0.15, -0.1) is 0 Å². The van der Waals surface area contributed by atoms with Gasteiger partial charge in [0.05, 0.1) is 41.9 Å². The summed E-state index contributed by atoms with van der Waals surface area (Å²) in [7, 11) is -1.82. The molecule has 0 radical (unpaired) electrons. The maximum atomic E-state index is 14.3. The molecule has 0 aliphatic carbocycles. The van der Waals surface area contributed by atoms with Crippen molar-refractivity contribution in [1.82, 2.24) is 0 Å². The van der Waals surface area contributed by atoms with Gasteiger partial charge in [-0.05, 0) is 93.9 Å². The summed E-state index contributed by atoms with van der Waals surface area (Å²) in [4.78, 5) is 0. The van der Waals surface area contributed by atoms with Crippen LogP contribution < -0.4 is 14.0 Å². The van der Waals surface area contributed by atoms with Crippen molar-refractivity contribution in [2.75, 3.05) is 19.6 Å². The molecular weight excluding hydrogens is 760 g/mol. The Labute approximate surface area is 332 Å². The second kappa shape index (κ2) is 22.6. The zero-order valence-electron chi connectivity index (χ0n) is 33.6. The number of hydrogen-bond donors (Lipinski definition) is 0. The third-order valence-corrected chi connectivity index (χ3v) is 10.9. The molecule has 318 valence electrons. The molecule has 0 bridgehead atoms. The molecule has 0 saturated heterocycles. The Bertz CT molecular complexity index is 1510. The summed E-state index contributed by atoms with van der Waals surface area (Å²) in [6.45, 7) is 10.0. The number of unbranched alkanes of at least 4 members (excludes halogenated alkanes) is 12. The van der Waals surface area contributed by atoms with Crippen molar-refractivity contribution in [1.29, 1.82) is 0 Å². The lowest BCUT2D eigenvalue weighted by Crippen LogP contribution is -2.50. The first-order valence-electron chi connectivity index (χ1n) is 20.4. The number of rotatable bonds is 25. The van der Waals surface area contributed by atoms with Crippen LogP contribution in [0.15, 0.2) is 66.7 Å². The Kier molecular flexibility index (Phi) is 18.9. The van der Waals surface area contributed by atoms with Gasteiger partial charge in [-0.2, -0.15) is 39.5 Å². The van der Waals surface area contributed by atoms with E-state index >= 15 is 0 Å². The van der Waals surface area contributed by atoms with E-state index in [0.717, 1.165) is 92.8 Å². The zero-order valence-corrected chi connectivity index (χ0v) is 33.6. The van der Waals surface area contributed by atoms with Crippen LogP contribution in [0, 0.1) is 0 Å². The molecule has 0 aliphatic rings. The van der Waals surface area contributed by atoms with E-state index in [4.69, 9.17) is 14.0 Å². The Morgan fingerprint density at radius 1 is 0.474 bits per heavy atom. The van der Waals surface area contributed by atoms with Crippen LogP contribution >= 0.6 is 0 Å². The second-order valence-electron chi connectivity index (χ2n) is 14.7. The van der Waals surface area contributed by atoms with Crippen LogP contribution in [0.4, 0.5) is 39.5 Å². The van der Waals surface area contributed by atoms with Crippen LogP contribution in [0.3, 0.4) is 0 Å². The fraction of sp³-hybridized carbons (Fsp3) is 0.581. The van der Waals surface area contributed by atoms with Crippen molar-refractivity contribution in [3.63, 3.8) is 0 Å². The SMILES string of the molecule is CCCCCCCCCCCCCCCC(c1cc(C(F)(F)F)ccc1OB(Oc1ccc(C(F)(F)F)cc1)Oc1ccc(C(F)(F)F)cc1)[N+](CC)(CC)CC. The van der Waals surface area contributed by atoms with Gasteiger partial charge < -0.3 is 18.4 Å². The molecule has 57 heavy (non-hydrogen) atoms. The van der Waals surface area contributed by atoms with Gasteiger partial charge in [0, 0.05) is 6.42 Å². The van der Waals surface area contributed by atoms with Crippen molar-refractivity contribution >= 4 is 7.32 Å². The number of halogens is 9. The minimum Gasteiger partial charge on any atom is -0.490 e. The third-order valence-electron chi connectivity index (χ3n) is 10.9. The summed E-state index contributed by atoms with van der Waals surface area (Å²) in [6, 6.07) is 9.84. The molecule has 0 amide bonds. The van der Waals surface area contributed by atoms with Crippen molar-refractivity contribution in [2.45, 2.75) is 142 Å². The van der Waals surface area contributed by atoms with Crippen LogP contribution in [-0.2, 0) is 18.5 Å². The number of hydrogen-bond acceptors (Lipinski definition) is 3. The quantitative estimate of drug-likeness (QED) is 0.0369. The van der Waals surface area contributed by atoms with Gasteiger partial charge in [-0.3, -0.25) is 0 Å². The summed E-state index contributed by atoms with van der Waals surface area (Å²) < 4.78 is 141. The van der Waals surface area contributed by atoms with Gasteiger partial charge in [0.2, 0.25) is 0 Å². The van der Waals surface area contributed by atoms with Crippen molar-refractivity contribution in [3.05, 3.63) is 89.0 Å². The number of nitrogens with zero attached hydrogens (tertiary/aromatic N) is 1. The summed E-state index contributed by atoms with van der Waals surface area (Å²) in [6.07, 6.45) is 1.54. The van der Waals surface area contributed by atoms with Crippen LogP contribution in [0.25, 0.3) is 0 Å². The highest BCUT2D eigenvalue weighted by Gasteiger charge is 2.41. The maximum Gasteiger partial charge on any atom is 0.864 e. The van der Waals surface area contributed by atoms with Crippen LogP contribution in [-0.4, -0.2) is 31.4 Å². The Hall–Kier alpha value is -3.55. The third kappa shape index (κ3) is 15.3. The van der Waals surface area contributed by atoms with E-state index in [2.05, 4.69) is 6.92 Å². The van der Waals surface area contributed by atoms with Crippen molar-refractivity contribution < 1.29 is 58.0 Å². The van der Waals surface area contributed by atoms with Crippen molar-refractivity contribution in [2.24, 2.45) is 0 Å². The molecule has 0 fully saturated rings. The molecule has 0 aromatic heterocycles. The number of alkyl halides is 9. The molecule has 1 unspecified atom stereocenters. The summed E-state index contributed by atoms with van der Waals surface area (Å²) in [5.74, 6) is -0.292. The maximum absolute atomic E-state index is 14.3. The van der Waals surface area contributed by atoms with Crippen LogP contribution in [0.1, 0.15) is 146 Å². The van der Waals surface area contributed by atoms with Gasteiger partial charge in [0.25, 0.3) is 0 Å². The zero-order chi connectivity index (χ0) is 42.1. The molecule has 3 aromatic carbocycles. The molecule has 14 heteroatoms. The van der Waals surface area contributed by atoms with Crippen LogP contribution in [0.5, 0.6) is 17.2 Å². The summed E-state index contributed by atoms with van der Waals surface area (Å²) in [5, 5.41) is 0. The molecular formula is C43H58BF9NO3+. The van der Waals surface area contributed by atoms with E-state index in [1.54, 1.807) is 0 Å². The predicted molar refractivity (Wildman–Crippen MR) is 207 cm³/mol. The average Bonchev–Trinajstić information content (AvgIpc) is 3.16. The first kappa shape index (κ1) is 47.8. The van der Waals surface area contributed by atoms with Crippen molar-refractivity contribution in [3.8, 4) is 17.2 Å². The van der Waals surface area contributed by atoms with E-state index in [9.17, 15) is 39.5 Å². The van der Waals surface area contributed by atoms with E-state index in [0.29, 0.717) is 30.5 Å². The Morgan fingerprint density at radius 2 is 0.842 bits per heavy atom. The standard InChI is InChI=1S/C43H58BF9NO3/c1-5-9-10-11-12-13-14-15-16-17-18-19-20-21-39(54(6-2,7-3)8-4)38-32-35(43(51,52)53)26-31-40(38)57-44(55-36-27-22-33(23-28-36)41(45,46)47)56-37-29-24-34(25-30-37)42(48,49)50/h22-32,39H,5-21H2,1-4H3/q+1. The fourth-order valence-corrected chi connectivity index (χ4v) is 7.35. The molecule has 0 N–H and O–H groups in total. The second-order valence-corrected chi connectivity index (χ2v) is 14.7. The summed E-state index contributed by atoms with van der Waals surface area (Å²) in [5.41, 5.74) is -2.54. The number of quaternary nitrogens is 1. The minimum absolute atomic E-state index is 0.00984. The molecule has 0 spiro atoms. The lowest BCUT2D eigenvalue weighted by molar-refractivity contribution is -0.953. The van der Waals surface area contributed by atoms with Gasteiger partial charge >= 0.3 is 25.9 Å². The fourth-order valence-electron chi connectivity index (χ4n) is 7.35. The van der Waals surface area contributed by atoms with Gasteiger partial charge in [0.15, 0.2) is 0 Å². The lowest BCUT2D eigenvalue weighted by atomic mass is 9.92. The Balaban J connectivity index is 1.91. The predicted octanol–water partition coefficient (Wildman–Crippen LogP) is 14.7. The van der Waals surface area contributed by atoms with Crippen LogP contribution in [0.2, 0.25) is 0 Å². The van der Waals surface area contributed by atoms with E-state index in [-0.39, 0.29) is 22.8 Å². The molecule has 1 atom stereocenters. The molecule has 3 aromatic rings. The monoisotopic (exact) mass is 818 g/mol. The lowest BCUT2D eigenvalue weighted by Gasteiger charge is -2.44. The highest BCUT2D eigenvalue weighted by molar-refractivity contribution is 6.39. The van der Waals surface area contributed by atoms with E-state index in [1.807, 2.05) is 20.8 Å². The molecule has 3 rings (SSSR count). The first-order chi connectivity index (χ1) is 27.0. The highest BCUT2D eigenvalue weighted by Crippen LogP contribution is 2.42. The van der Waals surface area contributed by atoms with E-state index < -0.39 is 48.6 Å². The average molecular weight is 819 g/mol. The number of benzene rings is 3. The minimum atomic E-state index is -4.68. The van der Waals surface area contributed by atoms with Gasteiger partial charge in [-0.1, -0.05) is 84.0 Å². The first-order valence-corrected chi connectivity index (χ1v) is 20.4.